The first-order valence-corrected chi connectivity index (χ1v) is 8.35. The number of ether oxygens (including phenoxy) is 1. The summed E-state index contributed by atoms with van der Waals surface area (Å²) in [6.07, 6.45) is 1.36. The van der Waals surface area contributed by atoms with Crippen molar-refractivity contribution in [2.75, 3.05) is 19.7 Å². The molecule has 0 fully saturated rings. The van der Waals surface area contributed by atoms with Crippen LogP contribution in [0.4, 0.5) is 0 Å². The van der Waals surface area contributed by atoms with Crippen LogP contribution in [0.5, 0.6) is 0 Å². The first-order chi connectivity index (χ1) is 12.6. The van der Waals surface area contributed by atoms with Crippen LogP contribution in [-0.2, 0) is 14.3 Å². The molecule has 0 saturated heterocycles. The molecule has 0 aliphatic carbocycles. The van der Waals surface area contributed by atoms with E-state index in [1.54, 1.807) is 6.07 Å². The fraction of sp³-hybridized carbons (Fsp3) is 0.316. The van der Waals surface area contributed by atoms with E-state index in [1.807, 2.05) is 37.3 Å². The Morgan fingerprint density at radius 2 is 1.85 bits per heavy atom. The highest BCUT2D eigenvalue weighted by molar-refractivity contribution is 5.91. The summed E-state index contributed by atoms with van der Waals surface area (Å²) in [6.45, 7) is 2.22. The van der Waals surface area contributed by atoms with Crippen molar-refractivity contribution in [1.82, 2.24) is 10.6 Å². The summed E-state index contributed by atoms with van der Waals surface area (Å²) in [5.74, 6) is -0.995. The van der Waals surface area contributed by atoms with Crippen molar-refractivity contribution in [2.24, 2.45) is 0 Å². The van der Waals surface area contributed by atoms with Gasteiger partial charge in [-0.15, -0.1) is 0 Å². The van der Waals surface area contributed by atoms with Crippen molar-refractivity contribution in [3.63, 3.8) is 0 Å². The third kappa shape index (κ3) is 6.43. The van der Waals surface area contributed by atoms with Gasteiger partial charge in [0.15, 0.2) is 12.4 Å². The van der Waals surface area contributed by atoms with Gasteiger partial charge in [-0.25, -0.2) is 0 Å². The molecule has 0 unspecified atom stereocenters. The zero-order valence-corrected chi connectivity index (χ0v) is 14.6. The van der Waals surface area contributed by atoms with Crippen LogP contribution in [0.1, 0.15) is 35.4 Å². The van der Waals surface area contributed by atoms with Crippen molar-refractivity contribution in [3.8, 4) is 0 Å². The van der Waals surface area contributed by atoms with Crippen molar-refractivity contribution < 1.29 is 23.5 Å². The quantitative estimate of drug-likeness (QED) is 0.667. The van der Waals surface area contributed by atoms with E-state index in [1.165, 1.54) is 12.3 Å². The summed E-state index contributed by atoms with van der Waals surface area (Å²) in [7, 11) is 0. The molecule has 1 atom stereocenters. The van der Waals surface area contributed by atoms with E-state index in [0.717, 1.165) is 5.56 Å². The first-order valence-electron chi connectivity index (χ1n) is 8.35. The second-order valence-corrected chi connectivity index (χ2v) is 5.76. The average Bonchev–Trinajstić information content (AvgIpc) is 3.20. The lowest BCUT2D eigenvalue weighted by Gasteiger charge is -2.13. The number of nitrogens with one attached hydrogen (secondary N) is 2. The first kappa shape index (κ1) is 19.2. The molecule has 2 N–H and O–H groups in total. The van der Waals surface area contributed by atoms with Gasteiger partial charge in [-0.3, -0.25) is 14.4 Å². The Morgan fingerprint density at radius 3 is 2.54 bits per heavy atom. The van der Waals surface area contributed by atoms with Crippen LogP contribution in [0.2, 0.25) is 0 Å². The number of hydrogen-bond donors (Lipinski definition) is 2. The van der Waals surface area contributed by atoms with Crippen LogP contribution in [-0.4, -0.2) is 37.5 Å². The van der Waals surface area contributed by atoms with Crippen LogP contribution in [0.15, 0.2) is 53.1 Å². The van der Waals surface area contributed by atoms with Crippen molar-refractivity contribution >= 4 is 17.8 Å². The molecule has 2 amide bonds. The van der Waals surface area contributed by atoms with Crippen LogP contribution >= 0.6 is 0 Å². The van der Waals surface area contributed by atoms with Crippen LogP contribution in [0, 0.1) is 0 Å². The molecule has 7 nitrogen and oxygen atoms in total. The van der Waals surface area contributed by atoms with E-state index < -0.39 is 11.9 Å². The van der Waals surface area contributed by atoms with Gasteiger partial charge in [0.2, 0.25) is 0 Å². The molecular formula is C19H22N2O5. The fourth-order valence-corrected chi connectivity index (χ4v) is 2.21. The van der Waals surface area contributed by atoms with Gasteiger partial charge in [-0.2, -0.15) is 0 Å². The van der Waals surface area contributed by atoms with Gasteiger partial charge in [0.25, 0.3) is 11.8 Å². The number of amides is 2. The minimum absolute atomic E-state index is 0.0276. The number of furan rings is 1. The lowest BCUT2D eigenvalue weighted by Crippen LogP contribution is -2.32. The molecule has 0 saturated carbocycles. The van der Waals surface area contributed by atoms with Gasteiger partial charge in [-0.05, 0) is 23.6 Å². The maximum absolute atomic E-state index is 11.8. The minimum Gasteiger partial charge on any atom is -0.459 e. The van der Waals surface area contributed by atoms with Crippen molar-refractivity contribution in [2.45, 2.75) is 19.3 Å². The summed E-state index contributed by atoms with van der Waals surface area (Å²) >= 11 is 0. The Hall–Kier alpha value is -3.09. The largest absolute Gasteiger partial charge is 0.459 e. The highest BCUT2D eigenvalue weighted by Crippen LogP contribution is 2.12. The zero-order valence-electron chi connectivity index (χ0n) is 14.6. The predicted octanol–water partition coefficient (Wildman–Crippen LogP) is 1.86. The molecule has 1 aromatic carbocycles. The van der Waals surface area contributed by atoms with E-state index in [2.05, 4.69) is 10.6 Å². The Morgan fingerprint density at radius 1 is 1.08 bits per heavy atom. The highest BCUT2D eigenvalue weighted by Gasteiger charge is 2.12. The number of benzene rings is 1. The third-order valence-corrected chi connectivity index (χ3v) is 3.70. The second-order valence-electron chi connectivity index (χ2n) is 5.76. The molecule has 138 valence electrons. The second kappa shape index (κ2) is 10.0. The molecule has 0 aliphatic rings. The smallest absolute Gasteiger partial charge is 0.308 e. The molecule has 26 heavy (non-hydrogen) atoms. The number of esters is 1. The summed E-state index contributed by atoms with van der Waals surface area (Å²) in [6, 6.07) is 12.9. The third-order valence-electron chi connectivity index (χ3n) is 3.70. The van der Waals surface area contributed by atoms with Crippen LogP contribution < -0.4 is 10.6 Å². The highest BCUT2D eigenvalue weighted by atomic mass is 16.5. The maximum atomic E-state index is 11.8. The molecule has 7 heteroatoms. The number of carbonyl (C=O) groups excluding carboxylic acids is 3. The molecule has 0 aliphatic heterocycles. The van der Waals surface area contributed by atoms with Gasteiger partial charge in [-0.1, -0.05) is 37.3 Å². The SMILES string of the molecule is C[C@@H](CNC(=O)COC(=O)CCNC(=O)c1ccco1)c1ccccc1. The molecule has 2 aromatic rings. The van der Waals surface area contributed by atoms with Gasteiger partial charge in [0.1, 0.15) is 0 Å². The maximum Gasteiger partial charge on any atom is 0.308 e. The average molecular weight is 358 g/mol. The molecule has 2 rings (SSSR count). The molecule has 0 spiro atoms. The molecule has 0 bridgehead atoms. The summed E-state index contributed by atoms with van der Waals surface area (Å²) in [5, 5.41) is 5.26. The molecule has 1 aromatic heterocycles. The Labute approximate surface area is 151 Å². The lowest BCUT2D eigenvalue weighted by molar-refractivity contribution is -0.148. The van der Waals surface area contributed by atoms with Crippen molar-refractivity contribution in [1.29, 1.82) is 0 Å². The number of carbonyl (C=O) groups is 3. The Balaban J connectivity index is 1.58. The Kier molecular flexibility index (Phi) is 7.42. The molecule has 1 heterocycles. The van der Waals surface area contributed by atoms with E-state index in [0.29, 0.717) is 6.54 Å². The van der Waals surface area contributed by atoms with Crippen molar-refractivity contribution in [3.05, 3.63) is 60.1 Å². The summed E-state index contributed by atoms with van der Waals surface area (Å²) in [5.41, 5.74) is 1.12. The summed E-state index contributed by atoms with van der Waals surface area (Å²) in [4.78, 5) is 34.9. The van der Waals surface area contributed by atoms with Crippen LogP contribution in [0.3, 0.4) is 0 Å². The van der Waals surface area contributed by atoms with E-state index in [4.69, 9.17) is 9.15 Å². The fourth-order valence-electron chi connectivity index (χ4n) is 2.21. The standard InChI is InChI=1S/C19H22N2O5/c1-14(15-6-3-2-4-7-15)12-21-17(22)13-26-18(23)9-10-20-19(24)16-8-5-11-25-16/h2-8,11,14H,9-10,12-13H2,1H3,(H,20,24)(H,21,22)/t14-/m0/s1. The molecular weight excluding hydrogens is 336 g/mol. The minimum atomic E-state index is -0.559. The van der Waals surface area contributed by atoms with Crippen LogP contribution in [0.25, 0.3) is 0 Å². The van der Waals surface area contributed by atoms with Gasteiger partial charge >= 0.3 is 5.97 Å². The van der Waals surface area contributed by atoms with Gasteiger partial charge in [0.05, 0.1) is 12.7 Å². The van der Waals surface area contributed by atoms with Gasteiger partial charge < -0.3 is 19.8 Å². The Bertz CT molecular complexity index is 713. The number of rotatable bonds is 9. The van der Waals surface area contributed by atoms with E-state index in [-0.39, 0.29) is 37.2 Å². The normalized spacial score (nSPS) is 11.4. The topological polar surface area (TPSA) is 97.6 Å². The van der Waals surface area contributed by atoms with Gasteiger partial charge in [0, 0.05) is 13.1 Å². The van der Waals surface area contributed by atoms with E-state index >= 15 is 0 Å². The molecule has 0 radical (unpaired) electrons. The summed E-state index contributed by atoms with van der Waals surface area (Å²) < 4.78 is 9.82. The number of hydrogen-bond acceptors (Lipinski definition) is 5. The lowest BCUT2D eigenvalue weighted by atomic mass is 10.0. The van der Waals surface area contributed by atoms with E-state index in [9.17, 15) is 14.4 Å². The zero-order chi connectivity index (χ0) is 18.8. The predicted molar refractivity (Wildman–Crippen MR) is 94.5 cm³/mol. The monoisotopic (exact) mass is 358 g/mol.